The summed E-state index contributed by atoms with van der Waals surface area (Å²) in [5, 5.41) is 4.86. The van der Waals surface area contributed by atoms with Crippen molar-refractivity contribution in [2.24, 2.45) is 5.92 Å². The van der Waals surface area contributed by atoms with Crippen LogP contribution >= 0.6 is 0 Å². The quantitative estimate of drug-likeness (QED) is 0.155. The van der Waals surface area contributed by atoms with Gasteiger partial charge in [-0.25, -0.2) is 9.37 Å². The van der Waals surface area contributed by atoms with E-state index in [-0.39, 0.29) is 12.1 Å². The highest BCUT2D eigenvalue weighted by atomic mass is 19.1. The fraction of sp³-hybridized carbons (Fsp3) is 0.565. The first kappa shape index (κ1) is 41.4. The first-order valence-corrected chi connectivity index (χ1v) is 20.7. The highest BCUT2D eigenvalue weighted by Gasteiger charge is 2.55. The van der Waals surface area contributed by atoms with Crippen molar-refractivity contribution in [2.45, 2.75) is 136 Å². The van der Waals surface area contributed by atoms with E-state index in [1.165, 1.54) is 50.2 Å². The number of ether oxygens (including phenoxy) is 1. The van der Waals surface area contributed by atoms with Crippen molar-refractivity contribution in [1.29, 1.82) is 0 Å². The standard InChI is InChI=1S/C40H52FN5O2.C6H14/c1-8-11-29-20-31(21-29)46-37-22-30(13-14-33(37)40(39(46)47)15-17-44(18-16-40)32-23-48-24-32)27(6)19-36-38(45(25-42-36)26(4)5)28(7)43-35(12-9-2)34(41)10-3;1-3-5-6-4-2/h9-10,12-14,19,22,25-26,29,31-32,43H,3,6,8,11,15-18,20-21,23-24H2,1-2,4-5,7H3;3-6H2,1-2H3/b12-9-,35-34-,36-19+,38-28-;. The molecule has 0 unspecified atom stereocenters. The number of likely N-dealkylation sites (tertiary alicyclic amines) is 1. The molecule has 6 rings (SSSR count). The van der Waals surface area contributed by atoms with Gasteiger partial charge in [-0.2, -0.15) is 0 Å². The van der Waals surface area contributed by atoms with E-state index in [1.54, 1.807) is 12.2 Å². The van der Waals surface area contributed by atoms with E-state index in [4.69, 9.17) is 9.72 Å². The van der Waals surface area contributed by atoms with Crippen LogP contribution in [0.3, 0.4) is 0 Å². The zero-order chi connectivity index (χ0) is 39.0. The highest BCUT2D eigenvalue weighted by Crippen LogP contribution is 2.52. The van der Waals surface area contributed by atoms with Crippen LogP contribution in [0.5, 0.6) is 0 Å². The van der Waals surface area contributed by atoms with Gasteiger partial charge in [0.2, 0.25) is 5.91 Å². The zero-order valence-electron chi connectivity index (χ0n) is 34.2. The van der Waals surface area contributed by atoms with Gasteiger partial charge in [-0.1, -0.05) is 90.7 Å². The largest absolute Gasteiger partial charge is 0.378 e. The van der Waals surface area contributed by atoms with Gasteiger partial charge in [-0.3, -0.25) is 9.69 Å². The van der Waals surface area contributed by atoms with Crippen LogP contribution in [0.15, 0.2) is 67.4 Å². The summed E-state index contributed by atoms with van der Waals surface area (Å²) in [5.74, 6) is 0.563. The average Bonchev–Trinajstić information content (AvgIpc) is 3.65. The molecule has 0 atom stereocenters. The molecule has 1 N–H and O–H groups in total. The third-order valence-electron chi connectivity index (χ3n) is 11.9. The molecular weight excluding hydrogens is 674 g/mol. The predicted molar refractivity (Wildman–Crippen MR) is 223 cm³/mol. The molecule has 294 valence electrons. The lowest BCUT2D eigenvalue weighted by Crippen LogP contribution is -2.57. The minimum absolute atomic E-state index is 0.135. The Morgan fingerprint density at radius 1 is 1.09 bits per heavy atom. The van der Waals surface area contributed by atoms with Crippen LogP contribution in [0.25, 0.3) is 17.3 Å². The molecule has 3 aliphatic heterocycles. The lowest BCUT2D eigenvalue weighted by molar-refractivity contribution is -0.128. The summed E-state index contributed by atoms with van der Waals surface area (Å²) >= 11 is 0. The Morgan fingerprint density at radius 3 is 2.33 bits per heavy atom. The van der Waals surface area contributed by atoms with Crippen LogP contribution in [-0.2, 0) is 14.9 Å². The van der Waals surface area contributed by atoms with Crippen LogP contribution in [-0.4, -0.2) is 58.7 Å². The molecular formula is C46H66FN5O2. The van der Waals surface area contributed by atoms with E-state index in [1.807, 2.05) is 26.3 Å². The van der Waals surface area contributed by atoms with Gasteiger partial charge in [0.25, 0.3) is 0 Å². The van der Waals surface area contributed by atoms with Crippen LogP contribution in [0, 0.1) is 5.92 Å². The third-order valence-corrected chi connectivity index (χ3v) is 11.9. The second-order valence-electron chi connectivity index (χ2n) is 16.1. The summed E-state index contributed by atoms with van der Waals surface area (Å²) in [6.45, 7) is 26.2. The van der Waals surface area contributed by atoms with Gasteiger partial charge in [0.1, 0.15) is 5.83 Å². The molecule has 2 saturated heterocycles. The number of hydrogen-bond acceptors (Lipinski definition) is 5. The third kappa shape index (κ3) is 8.70. The fourth-order valence-corrected chi connectivity index (χ4v) is 8.62. The number of anilines is 1. The summed E-state index contributed by atoms with van der Waals surface area (Å²) in [6.07, 6.45) is 20.3. The van der Waals surface area contributed by atoms with E-state index in [0.29, 0.717) is 23.6 Å². The average molecular weight is 740 g/mol. The van der Waals surface area contributed by atoms with Crippen molar-refractivity contribution in [3.63, 3.8) is 0 Å². The molecule has 1 saturated carbocycles. The maximum Gasteiger partial charge on any atom is 0.238 e. The number of imidazole rings is 1. The second-order valence-corrected chi connectivity index (χ2v) is 16.1. The second kappa shape index (κ2) is 18.7. The number of allylic oxidation sites excluding steroid dienone is 5. The van der Waals surface area contributed by atoms with E-state index in [0.717, 1.165) is 85.2 Å². The molecule has 0 bridgehead atoms. The monoisotopic (exact) mass is 740 g/mol. The number of aromatic nitrogens is 2. The summed E-state index contributed by atoms with van der Waals surface area (Å²) in [4.78, 5) is 24.0. The van der Waals surface area contributed by atoms with E-state index >= 15 is 0 Å². The summed E-state index contributed by atoms with van der Waals surface area (Å²) in [6, 6.07) is 7.40. The molecule has 1 aromatic heterocycles. The molecule has 1 aliphatic carbocycles. The number of unbranched alkanes of at least 4 members (excludes halogenated alkanes) is 3. The minimum atomic E-state index is -0.463. The Kier molecular flexibility index (Phi) is 14.4. The minimum Gasteiger partial charge on any atom is -0.378 e. The molecule has 4 aliphatic rings. The molecule has 1 amide bonds. The molecule has 1 spiro atoms. The number of nitrogens with one attached hydrogen (secondary N) is 1. The Bertz CT molecular complexity index is 1810. The molecule has 8 heteroatoms. The summed E-state index contributed by atoms with van der Waals surface area (Å²) in [5.41, 5.74) is 4.67. The molecule has 7 nitrogen and oxygen atoms in total. The Labute approximate surface area is 324 Å². The van der Waals surface area contributed by atoms with Crippen molar-refractivity contribution in [2.75, 3.05) is 31.2 Å². The van der Waals surface area contributed by atoms with Gasteiger partial charge in [0.15, 0.2) is 0 Å². The van der Waals surface area contributed by atoms with E-state index < -0.39 is 11.2 Å². The van der Waals surface area contributed by atoms with Gasteiger partial charge in [-0.15, -0.1) is 0 Å². The van der Waals surface area contributed by atoms with Gasteiger partial charge in [-0.05, 0) is 113 Å². The first-order valence-electron chi connectivity index (χ1n) is 20.7. The van der Waals surface area contributed by atoms with Crippen molar-refractivity contribution in [1.82, 2.24) is 19.8 Å². The first-order chi connectivity index (χ1) is 26.0. The maximum absolute atomic E-state index is 14.7. The SMILES string of the molecule is C=C/C(F)=C(\C=C/C)N/C(C)=c1/c(=C\C(=C)c2ccc3c(c2)N(C2CC(CCC)C2)C(=O)C32CCN(C3COC3)CC2)ncn1C(C)C.CCCCCC. The number of fused-ring (bicyclic) bond motifs is 2. The number of halogens is 1. The number of carbonyl (C=O) groups excluding carboxylic acids is 1. The van der Waals surface area contributed by atoms with Gasteiger partial charge in [0, 0.05) is 23.5 Å². The van der Waals surface area contributed by atoms with E-state index in [2.05, 4.69) is 85.7 Å². The number of amides is 1. The van der Waals surface area contributed by atoms with Crippen LogP contribution in [0.2, 0.25) is 0 Å². The lowest BCUT2D eigenvalue weighted by atomic mass is 9.72. The van der Waals surface area contributed by atoms with Crippen LogP contribution in [0.4, 0.5) is 10.1 Å². The van der Waals surface area contributed by atoms with Crippen molar-refractivity contribution in [3.05, 3.63) is 89.3 Å². The van der Waals surface area contributed by atoms with Crippen molar-refractivity contribution < 1.29 is 13.9 Å². The molecule has 2 aromatic rings. The van der Waals surface area contributed by atoms with Gasteiger partial charge < -0.3 is 19.5 Å². The van der Waals surface area contributed by atoms with Crippen molar-refractivity contribution in [3.8, 4) is 0 Å². The van der Waals surface area contributed by atoms with Crippen LogP contribution in [0.1, 0.15) is 130 Å². The number of nitrogens with zero attached hydrogens (tertiary/aromatic N) is 4. The number of piperidine rings is 1. The summed E-state index contributed by atoms with van der Waals surface area (Å²) < 4.78 is 22.2. The molecule has 3 fully saturated rings. The molecule has 1 aromatic carbocycles. The smallest absolute Gasteiger partial charge is 0.238 e. The Hall–Kier alpha value is -3.75. The van der Waals surface area contributed by atoms with Gasteiger partial charge in [0.05, 0.1) is 47.4 Å². The Balaban J connectivity index is 0.000000864. The lowest BCUT2D eigenvalue weighted by Gasteiger charge is -2.46. The zero-order valence-corrected chi connectivity index (χ0v) is 34.2. The number of rotatable bonds is 14. The molecule has 0 radical (unpaired) electrons. The normalized spacial score (nSPS) is 22.4. The number of carbonyl (C=O) groups is 1. The predicted octanol–water partition coefficient (Wildman–Crippen LogP) is 8.86. The maximum atomic E-state index is 14.7. The number of benzene rings is 1. The Morgan fingerprint density at radius 2 is 1.78 bits per heavy atom. The number of hydrogen-bond donors (Lipinski definition) is 1. The van der Waals surface area contributed by atoms with Crippen molar-refractivity contribution >= 4 is 28.9 Å². The molecule has 54 heavy (non-hydrogen) atoms. The highest BCUT2D eigenvalue weighted by molar-refractivity contribution is 6.09. The summed E-state index contributed by atoms with van der Waals surface area (Å²) in [7, 11) is 0. The van der Waals surface area contributed by atoms with E-state index in [9.17, 15) is 9.18 Å². The van der Waals surface area contributed by atoms with Crippen LogP contribution < -0.4 is 20.9 Å². The topological polar surface area (TPSA) is 62.6 Å². The molecule has 4 heterocycles. The van der Waals surface area contributed by atoms with Gasteiger partial charge >= 0.3 is 0 Å². The fourth-order valence-electron chi connectivity index (χ4n) is 8.62.